The molecule has 0 unspecified atom stereocenters. The molecule has 1 heterocycles. The topological polar surface area (TPSA) is 58.6 Å². The van der Waals surface area contributed by atoms with E-state index in [2.05, 4.69) is 33.9 Å². The van der Waals surface area contributed by atoms with Crippen LogP contribution in [-0.4, -0.2) is 33.5 Å². The molecule has 4 rings (SSSR count). The van der Waals surface area contributed by atoms with Crippen molar-refractivity contribution in [2.24, 2.45) is 0 Å². The van der Waals surface area contributed by atoms with E-state index in [1.807, 2.05) is 24.3 Å². The van der Waals surface area contributed by atoms with Crippen molar-refractivity contribution in [2.45, 2.75) is 36.7 Å². The fourth-order valence-corrected chi connectivity index (χ4v) is 5.39. The van der Waals surface area contributed by atoms with Crippen LogP contribution in [0.3, 0.4) is 0 Å². The summed E-state index contributed by atoms with van der Waals surface area (Å²) in [6.45, 7) is 3.29. The standard InChI is InChI=1S/C26H29ClN2O3S/c1-32-25-9-11-26(12-10-25)33(30,31)28-18-21-3-2-4-23(17-21)22-13-15-29(16-14-22)19-20-5-7-24(27)8-6-20/h2-12,17,22,28H,13-16,18-19H2,1H3. The van der Waals surface area contributed by atoms with Crippen molar-refractivity contribution in [2.75, 3.05) is 20.2 Å². The highest BCUT2D eigenvalue weighted by atomic mass is 35.5. The van der Waals surface area contributed by atoms with Crippen LogP contribution in [0.1, 0.15) is 35.4 Å². The summed E-state index contributed by atoms with van der Waals surface area (Å²) in [4.78, 5) is 2.71. The van der Waals surface area contributed by atoms with Gasteiger partial charge in [-0.1, -0.05) is 48.0 Å². The lowest BCUT2D eigenvalue weighted by Crippen LogP contribution is -2.32. The fourth-order valence-electron chi connectivity index (χ4n) is 4.25. The third kappa shape index (κ3) is 6.36. The molecule has 0 amide bonds. The Hall–Kier alpha value is -2.38. The predicted octanol–water partition coefficient (Wildman–Crippen LogP) is 5.21. The third-order valence-electron chi connectivity index (χ3n) is 6.17. The first-order valence-electron chi connectivity index (χ1n) is 11.1. The van der Waals surface area contributed by atoms with Crippen LogP contribution in [0.25, 0.3) is 0 Å². The number of likely N-dealkylation sites (tertiary alicyclic amines) is 1. The van der Waals surface area contributed by atoms with E-state index in [-0.39, 0.29) is 11.4 Å². The molecule has 5 nitrogen and oxygen atoms in total. The number of nitrogens with one attached hydrogen (secondary N) is 1. The Labute approximate surface area is 201 Å². The van der Waals surface area contributed by atoms with Gasteiger partial charge in [-0.3, -0.25) is 4.90 Å². The summed E-state index contributed by atoms with van der Waals surface area (Å²) in [6, 6.07) is 22.7. The molecule has 0 saturated carbocycles. The van der Waals surface area contributed by atoms with Gasteiger partial charge in [-0.05, 0) is 84.9 Å². The lowest BCUT2D eigenvalue weighted by molar-refractivity contribution is 0.204. The van der Waals surface area contributed by atoms with E-state index in [9.17, 15) is 8.42 Å². The van der Waals surface area contributed by atoms with Gasteiger partial charge < -0.3 is 4.74 Å². The van der Waals surface area contributed by atoms with Crippen LogP contribution in [0.15, 0.2) is 77.7 Å². The number of hydrogen-bond donors (Lipinski definition) is 1. The minimum Gasteiger partial charge on any atom is -0.497 e. The molecule has 1 saturated heterocycles. The van der Waals surface area contributed by atoms with E-state index in [0.717, 1.165) is 43.1 Å². The molecule has 0 aliphatic carbocycles. The van der Waals surface area contributed by atoms with Crippen molar-refractivity contribution in [1.82, 2.24) is 9.62 Å². The Morgan fingerprint density at radius 2 is 1.67 bits per heavy atom. The Morgan fingerprint density at radius 3 is 2.33 bits per heavy atom. The Kier molecular flexibility index (Phi) is 7.71. The molecule has 1 aliphatic heterocycles. The van der Waals surface area contributed by atoms with Crippen LogP contribution in [0.5, 0.6) is 5.75 Å². The van der Waals surface area contributed by atoms with Crippen molar-refractivity contribution in [3.05, 3.63) is 94.5 Å². The number of piperidine rings is 1. The van der Waals surface area contributed by atoms with Crippen LogP contribution in [-0.2, 0) is 23.1 Å². The summed E-state index contributed by atoms with van der Waals surface area (Å²) in [7, 11) is -2.03. The molecular weight excluding hydrogens is 456 g/mol. The van der Waals surface area contributed by atoms with E-state index < -0.39 is 10.0 Å². The second-order valence-corrected chi connectivity index (χ2v) is 10.6. The van der Waals surface area contributed by atoms with Gasteiger partial charge in [-0.2, -0.15) is 0 Å². The zero-order chi connectivity index (χ0) is 23.3. The molecule has 33 heavy (non-hydrogen) atoms. The molecule has 1 N–H and O–H groups in total. The van der Waals surface area contributed by atoms with Crippen LogP contribution in [0.4, 0.5) is 0 Å². The van der Waals surface area contributed by atoms with Gasteiger partial charge in [-0.25, -0.2) is 13.1 Å². The Bertz CT molecular complexity index is 1160. The maximum absolute atomic E-state index is 12.6. The quantitative estimate of drug-likeness (QED) is 0.477. The Balaban J connectivity index is 1.32. The number of ether oxygens (including phenoxy) is 1. The van der Waals surface area contributed by atoms with Gasteiger partial charge in [0.1, 0.15) is 5.75 Å². The number of benzene rings is 3. The molecule has 0 spiro atoms. The van der Waals surface area contributed by atoms with Crippen molar-refractivity contribution >= 4 is 21.6 Å². The maximum Gasteiger partial charge on any atom is 0.240 e. The summed E-state index contributed by atoms with van der Waals surface area (Å²) in [5.74, 6) is 1.12. The highest BCUT2D eigenvalue weighted by Crippen LogP contribution is 2.29. The van der Waals surface area contributed by atoms with Crippen LogP contribution in [0, 0.1) is 0 Å². The SMILES string of the molecule is COc1ccc(S(=O)(=O)NCc2cccc(C3CCN(Cc4ccc(Cl)cc4)CC3)c2)cc1. The molecule has 0 aromatic heterocycles. The average Bonchev–Trinajstić information content (AvgIpc) is 2.85. The number of halogens is 1. The Morgan fingerprint density at radius 1 is 0.970 bits per heavy atom. The normalized spacial score (nSPS) is 15.5. The predicted molar refractivity (Wildman–Crippen MR) is 132 cm³/mol. The van der Waals surface area contributed by atoms with E-state index in [0.29, 0.717) is 11.7 Å². The molecule has 174 valence electrons. The molecular formula is C26H29ClN2O3S. The first-order chi connectivity index (χ1) is 15.9. The van der Waals surface area contributed by atoms with Crippen LogP contribution < -0.4 is 9.46 Å². The first kappa shape index (κ1) is 23.8. The number of sulfonamides is 1. The summed E-state index contributed by atoms with van der Waals surface area (Å²) in [5.41, 5.74) is 3.53. The van der Waals surface area contributed by atoms with Crippen molar-refractivity contribution in [1.29, 1.82) is 0 Å². The molecule has 0 atom stereocenters. The molecule has 0 radical (unpaired) electrons. The summed E-state index contributed by atoms with van der Waals surface area (Å²) in [6.07, 6.45) is 2.18. The first-order valence-corrected chi connectivity index (χ1v) is 13.0. The largest absolute Gasteiger partial charge is 0.497 e. The second kappa shape index (κ2) is 10.7. The summed E-state index contributed by atoms with van der Waals surface area (Å²) in [5, 5.41) is 0.767. The molecule has 0 bridgehead atoms. The molecule has 7 heteroatoms. The zero-order valence-electron chi connectivity index (χ0n) is 18.7. The molecule has 1 fully saturated rings. The van der Waals surface area contributed by atoms with Gasteiger partial charge in [0, 0.05) is 18.1 Å². The number of nitrogens with zero attached hydrogens (tertiary/aromatic N) is 1. The van der Waals surface area contributed by atoms with Gasteiger partial charge in [-0.15, -0.1) is 0 Å². The van der Waals surface area contributed by atoms with Gasteiger partial charge in [0.25, 0.3) is 0 Å². The van der Waals surface area contributed by atoms with E-state index >= 15 is 0 Å². The molecule has 1 aliphatic rings. The highest BCUT2D eigenvalue weighted by molar-refractivity contribution is 7.89. The zero-order valence-corrected chi connectivity index (χ0v) is 20.3. The van der Waals surface area contributed by atoms with Gasteiger partial charge >= 0.3 is 0 Å². The number of hydrogen-bond acceptors (Lipinski definition) is 4. The van der Waals surface area contributed by atoms with Gasteiger partial charge in [0.05, 0.1) is 12.0 Å². The van der Waals surface area contributed by atoms with Crippen molar-refractivity contribution in [3.8, 4) is 5.75 Å². The summed E-state index contributed by atoms with van der Waals surface area (Å²) < 4.78 is 33.1. The van der Waals surface area contributed by atoms with Crippen LogP contribution in [0.2, 0.25) is 5.02 Å². The second-order valence-electron chi connectivity index (χ2n) is 8.42. The number of methoxy groups -OCH3 is 1. The van der Waals surface area contributed by atoms with Crippen molar-refractivity contribution in [3.63, 3.8) is 0 Å². The molecule has 3 aromatic carbocycles. The highest BCUT2D eigenvalue weighted by Gasteiger charge is 2.21. The lowest BCUT2D eigenvalue weighted by Gasteiger charge is -2.32. The van der Waals surface area contributed by atoms with Crippen LogP contribution >= 0.6 is 11.6 Å². The van der Waals surface area contributed by atoms with E-state index in [4.69, 9.17) is 16.3 Å². The minimum atomic E-state index is -3.58. The average molecular weight is 485 g/mol. The minimum absolute atomic E-state index is 0.229. The smallest absolute Gasteiger partial charge is 0.240 e. The summed E-state index contributed by atoms with van der Waals surface area (Å²) >= 11 is 5.99. The maximum atomic E-state index is 12.6. The number of rotatable bonds is 8. The van der Waals surface area contributed by atoms with E-state index in [1.54, 1.807) is 31.4 Å². The third-order valence-corrected chi connectivity index (χ3v) is 7.83. The van der Waals surface area contributed by atoms with Gasteiger partial charge in [0.15, 0.2) is 0 Å². The van der Waals surface area contributed by atoms with Gasteiger partial charge in [0.2, 0.25) is 10.0 Å². The van der Waals surface area contributed by atoms with Crippen molar-refractivity contribution < 1.29 is 13.2 Å². The van der Waals surface area contributed by atoms with E-state index in [1.165, 1.54) is 11.1 Å². The fraction of sp³-hybridized carbons (Fsp3) is 0.308. The lowest BCUT2D eigenvalue weighted by atomic mass is 9.88. The monoisotopic (exact) mass is 484 g/mol. The molecule has 3 aromatic rings.